The molecule has 1 amide bonds. The number of hydrogen-bond acceptors (Lipinski definition) is 4. The Kier molecular flexibility index (Phi) is 6.00. The number of nitrogens with zero attached hydrogens (tertiary/aromatic N) is 1. The second kappa shape index (κ2) is 8.19. The molecule has 122 valence electrons. The van der Waals surface area contributed by atoms with Crippen molar-refractivity contribution < 1.29 is 14.3 Å². The quantitative estimate of drug-likeness (QED) is 0.884. The van der Waals surface area contributed by atoms with Gasteiger partial charge < -0.3 is 14.8 Å². The Morgan fingerprint density at radius 3 is 2.17 bits per heavy atom. The van der Waals surface area contributed by atoms with Crippen LogP contribution in [0.4, 0.5) is 16.2 Å². The maximum Gasteiger partial charge on any atom is 0.413 e. The van der Waals surface area contributed by atoms with Crippen LogP contribution in [-0.4, -0.2) is 27.4 Å². The summed E-state index contributed by atoms with van der Waals surface area (Å²) in [7, 11) is 4.74. The van der Waals surface area contributed by atoms with Gasteiger partial charge in [0.25, 0.3) is 0 Å². The summed E-state index contributed by atoms with van der Waals surface area (Å²) in [5, 5.41) is 3.36. The zero-order valence-electron chi connectivity index (χ0n) is 13.7. The molecule has 1 N–H and O–H groups in total. The van der Waals surface area contributed by atoms with Crippen LogP contribution in [0.2, 0.25) is 0 Å². The fraction of sp³-hybridized carbons (Fsp3) is 0.278. The molecule has 23 heavy (non-hydrogen) atoms. The van der Waals surface area contributed by atoms with Crippen LogP contribution in [-0.2, 0) is 22.6 Å². The van der Waals surface area contributed by atoms with Gasteiger partial charge in [0, 0.05) is 32.1 Å². The number of amides is 1. The van der Waals surface area contributed by atoms with Crippen molar-refractivity contribution in [1.29, 1.82) is 0 Å². The number of hydrogen-bond donors (Lipinski definition) is 1. The third-order valence-corrected chi connectivity index (χ3v) is 3.53. The maximum atomic E-state index is 11.5. The average molecular weight is 314 g/mol. The van der Waals surface area contributed by atoms with Crippen LogP contribution in [0, 0.1) is 0 Å². The molecule has 0 heterocycles. The summed E-state index contributed by atoms with van der Waals surface area (Å²) in [5.74, 6) is 0. The monoisotopic (exact) mass is 314 g/mol. The Morgan fingerprint density at radius 1 is 1.00 bits per heavy atom. The fourth-order valence-electron chi connectivity index (χ4n) is 2.17. The summed E-state index contributed by atoms with van der Waals surface area (Å²) in [4.78, 5) is 12.9. The molecule has 2 rings (SSSR count). The van der Waals surface area contributed by atoms with E-state index in [1.807, 2.05) is 24.3 Å². The molecule has 0 radical (unpaired) electrons. The minimum Gasteiger partial charge on any atom is -0.452 e. The Bertz CT molecular complexity index is 624. The lowest BCUT2D eigenvalue weighted by molar-refractivity contribution is 0.180. The molecule has 0 atom stereocenters. The molecule has 0 aliphatic heterocycles. The first-order valence-corrected chi connectivity index (χ1v) is 7.36. The molecule has 0 aliphatic carbocycles. The number of methoxy groups -OCH3 is 2. The highest BCUT2D eigenvalue weighted by molar-refractivity contribution is 5.87. The molecular formula is C18H22N2O3. The third-order valence-electron chi connectivity index (χ3n) is 3.53. The van der Waals surface area contributed by atoms with Gasteiger partial charge in [-0.3, -0.25) is 4.90 Å². The molecule has 0 saturated carbocycles. The van der Waals surface area contributed by atoms with Crippen molar-refractivity contribution in [2.24, 2.45) is 0 Å². The van der Waals surface area contributed by atoms with Crippen LogP contribution in [0.3, 0.4) is 0 Å². The molecule has 0 fully saturated rings. The maximum absolute atomic E-state index is 11.5. The highest BCUT2D eigenvalue weighted by Gasteiger charge is 2.09. The van der Waals surface area contributed by atoms with Gasteiger partial charge in [-0.2, -0.15) is 0 Å². The second-order valence-electron chi connectivity index (χ2n) is 5.18. The SMILES string of the molecule is COCc1ccc(CNc2ccc(N(C)C(=O)OC)cc2)cc1. The smallest absolute Gasteiger partial charge is 0.413 e. The van der Waals surface area contributed by atoms with Crippen molar-refractivity contribution in [3.8, 4) is 0 Å². The van der Waals surface area contributed by atoms with Crippen molar-refractivity contribution in [3.63, 3.8) is 0 Å². The van der Waals surface area contributed by atoms with E-state index < -0.39 is 0 Å². The first kappa shape index (κ1) is 16.8. The van der Waals surface area contributed by atoms with E-state index in [9.17, 15) is 4.79 Å². The topological polar surface area (TPSA) is 50.8 Å². The minimum atomic E-state index is -0.387. The summed E-state index contributed by atoms with van der Waals surface area (Å²) < 4.78 is 9.79. The standard InChI is InChI=1S/C18H22N2O3/c1-20(18(21)23-3)17-10-8-16(9-11-17)19-12-14-4-6-15(7-5-14)13-22-2/h4-11,19H,12-13H2,1-3H3. The Morgan fingerprint density at radius 2 is 1.61 bits per heavy atom. The summed E-state index contributed by atoms with van der Waals surface area (Å²) >= 11 is 0. The molecule has 0 bridgehead atoms. The van der Waals surface area contributed by atoms with Gasteiger partial charge >= 0.3 is 6.09 Å². The van der Waals surface area contributed by atoms with E-state index in [-0.39, 0.29) is 6.09 Å². The van der Waals surface area contributed by atoms with Crippen LogP contribution in [0.25, 0.3) is 0 Å². The lowest BCUT2D eigenvalue weighted by Gasteiger charge is -2.16. The van der Waals surface area contributed by atoms with Crippen molar-refractivity contribution in [3.05, 3.63) is 59.7 Å². The Balaban J connectivity index is 1.92. The van der Waals surface area contributed by atoms with Crippen LogP contribution >= 0.6 is 0 Å². The Hall–Kier alpha value is -2.53. The summed E-state index contributed by atoms with van der Waals surface area (Å²) in [6, 6.07) is 15.9. The molecule has 0 unspecified atom stereocenters. The van der Waals surface area contributed by atoms with Gasteiger partial charge in [0.2, 0.25) is 0 Å². The summed E-state index contributed by atoms with van der Waals surface area (Å²) in [5.41, 5.74) is 4.13. The number of anilines is 2. The van der Waals surface area contributed by atoms with Gasteiger partial charge in [0.05, 0.1) is 13.7 Å². The summed E-state index contributed by atoms with van der Waals surface area (Å²) in [6.07, 6.45) is -0.387. The van der Waals surface area contributed by atoms with E-state index in [0.29, 0.717) is 6.61 Å². The van der Waals surface area contributed by atoms with E-state index in [4.69, 9.17) is 9.47 Å². The van der Waals surface area contributed by atoms with Crippen molar-refractivity contribution in [2.75, 3.05) is 31.5 Å². The molecule has 0 aromatic heterocycles. The largest absolute Gasteiger partial charge is 0.452 e. The number of rotatable bonds is 6. The van der Waals surface area contributed by atoms with E-state index in [1.165, 1.54) is 17.6 Å². The zero-order valence-corrected chi connectivity index (χ0v) is 13.7. The molecule has 2 aromatic carbocycles. The zero-order chi connectivity index (χ0) is 16.7. The van der Waals surface area contributed by atoms with E-state index >= 15 is 0 Å². The second-order valence-corrected chi connectivity index (χ2v) is 5.18. The highest BCUT2D eigenvalue weighted by atomic mass is 16.5. The molecule has 0 saturated heterocycles. The molecule has 2 aromatic rings. The van der Waals surface area contributed by atoms with Crippen LogP contribution in [0.15, 0.2) is 48.5 Å². The number of carbonyl (C=O) groups is 1. The van der Waals surface area contributed by atoms with Gasteiger partial charge in [0.1, 0.15) is 0 Å². The number of ether oxygens (including phenoxy) is 2. The molecular weight excluding hydrogens is 292 g/mol. The third kappa shape index (κ3) is 4.72. The van der Waals surface area contributed by atoms with Gasteiger partial charge in [0.15, 0.2) is 0 Å². The lowest BCUT2D eigenvalue weighted by Crippen LogP contribution is -2.25. The predicted molar refractivity (Wildman–Crippen MR) is 91.7 cm³/mol. The molecule has 0 spiro atoms. The average Bonchev–Trinajstić information content (AvgIpc) is 2.60. The predicted octanol–water partition coefficient (Wildman–Crippen LogP) is 3.65. The lowest BCUT2D eigenvalue weighted by atomic mass is 10.1. The van der Waals surface area contributed by atoms with Gasteiger partial charge in [-0.05, 0) is 35.4 Å². The first-order chi connectivity index (χ1) is 11.1. The Labute approximate surface area is 136 Å². The molecule has 5 nitrogen and oxygen atoms in total. The van der Waals surface area contributed by atoms with Gasteiger partial charge in [-0.25, -0.2) is 4.79 Å². The van der Waals surface area contributed by atoms with E-state index in [2.05, 4.69) is 29.6 Å². The van der Waals surface area contributed by atoms with Crippen molar-refractivity contribution >= 4 is 17.5 Å². The number of carbonyl (C=O) groups excluding carboxylic acids is 1. The highest BCUT2D eigenvalue weighted by Crippen LogP contribution is 2.18. The van der Waals surface area contributed by atoms with Gasteiger partial charge in [-0.15, -0.1) is 0 Å². The van der Waals surface area contributed by atoms with Crippen LogP contribution in [0.5, 0.6) is 0 Å². The minimum absolute atomic E-state index is 0.387. The molecule has 0 aliphatic rings. The fourth-order valence-corrected chi connectivity index (χ4v) is 2.17. The number of benzene rings is 2. The van der Waals surface area contributed by atoms with Crippen LogP contribution < -0.4 is 10.2 Å². The normalized spacial score (nSPS) is 10.2. The first-order valence-electron chi connectivity index (χ1n) is 7.36. The van der Waals surface area contributed by atoms with E-state index in [1.54, 1.807) is 14.2 Å². The van der Waals surface area contributed by atoms with Crippen molar-refractivity contribution in [2.45, 2.75) is 13.2 Å². The van der Waals surface area contributed by atoms with Crippen molar-refractivity contribution in [1.82, 2.24) is 0 Å². The van der Waals surface area contributed by atoms with Crippen LogP contribution in [0.1, 0.15) is 11.1 Å². The number of nitrogens with one attached hydrogen (secondary N) is 1. The van der Waals surface area contributed by atoms with Gasteiger partial charge in [-0.1, -0.05) is 24.3 Å². The van der Waals surface area contributed by atoms with E-state index in [0.717, 1.165) is 23.5 Å². The summed E-state index contributed by atoms with van der Waals surface area (Å²) in [6.45, 7) is 1.36. The molecule has 5 heteroatoms.